The largest absolute Gasteiger partial charge is 0.449 e. The van der Waals surface area contributed by atoms with Crippen molar-refractivity contribution in [3.05, 3.63) is 72.3 Å². The Bertz CT molecular complexity index is 983. The Morgan fingerprint density at radius 1 is 1.14 bits per heavy atom. The number of ether oxygens (including phenoxy) is 1. The number of nitrogens with zero attached hydrogens (tertiary/aromatic N) is 1. The van der Waals surface area contributed by atoms with Crippen LogP contribution in [0.4, 0.5) is 5.69 Å². The second-order valence-electron chi connectivity index (χ2n) is 6.41. The van der Waals surface area contributed by atoms with Crippen molar-refractivity contribution in [2.75, 3.05) is 17.9 Å². The fourth-order valence-electron chi connectivity index (χ4n) is 2.41. The van der Waals surface area contributed by atoms with E-state index in [2.05, 4.69) is 11.9 Å². The van der Waals surface area contributed by atoms with Crippen molar-refractivity contribution >= 4 is 27.6 Å². The van der Waals surface area contributed by atoms with Crippen LogP contribution >= 0.6 is 0 Å². The second-order valence-corrected chi connectivity index (χ2v) is 8.38. The molecular formula is C21H24N2O5S. The smallest absolute Gasteiger partial charge is 0.338 e. The minimum Gasteiger partial charge on any atom is -0.449 e. The van der Waals surface area contributed by atoms with Crippen molar-refractivity contribution in [3.63, 3.8) is 0 Å². The number of aryl methyl sites for hydroxylation is 1. The summed E-state index contributed by atoms with van der Waals surface area (Å²) >= 11 is 0. The highest BCUT2D eigenvalue weighted by atomic mass is 32.2. The third-order valence-corrected chi connectivity index (χ3v) is 6.02. The summed E-state index contributed by atoms with van der Waals surface area (Å²) in [5.74, 6) is -1.11. The summed E-state index contributed by atoms with van der Waals surface area (Å²) in [5.41, 5.74) is 1.55. The number of sulfonamides is 1. The normalized spacial score (nSPS) is 12.0. The summed E-state index contributed by atoms with van der Waals surface area (Å²) in [5, 5.41) is 2.54. The number of benzene rings is 2. The Morgan fingerprint density at radius 2 is 1.72 bits per heavy atom. The number of nitrogens with one attached hydrogen (secondary N) is 1. The van der Waals surface area contributed by atoms with Crippen LogP contribution in [0.5, 0.6) is 0 Å². The number of hydrogen-bond donors (Lipinski definition) is 1. The van der Waals surface area contributed by atoms with Crippen LogP contribution in [0.3, 0.4) is 0 Å². The highest BCUT2D eigenvalue weighted by Crippen LogP contribution is 2.23. The first-order chi connectivity index (χ1) is 13.7. The van der Waals surface area contributed by atoms with E-state index in [4.69, 9.17) is 4.74 Å². The van der Waals surface area contributed by atoms with E-state index < -0.39 is 28.0 Å². The minimum absolute atomic E-state index is 0.174. The molecular weight excluding hydrogens is 392 g/mol. The molecule has 2 aromatic rings. The van der Waals surface area contributed by atoms with Gasteiger partial charge in [-0.3, -0.25) is 9.10 Å². The summed E-state index contributed by atoms with van der Waals surface area (Å²) < 4.78 is 31.8. The molecule has 0 saturated heterocycles. The molecule has 8 heteroatoms. The number of esters is 1. The molecule has 0 saturated carbocycles. The van der Waals surface area contributed by atoms with Crippen LogP contribution in [0.15, 0.2) is 66.1 Å². The fraction of sp³-hybridized carbons (Fsp3) is 0.238. The molecule has 0 aliphatic carbocycles. The van der Waals surface area contributed by atoms with Gasteiger partial charge in [0.15, 0.2) is 6.10 Å². The lowest BCUT2D eigenvalue weighted by Crippen LogP contribution is -2.35. The zero-order chi connectivity index (χ0) is 21.6. The first-order valence-corrected chi connectivity index (χ1v) is 10.4. The monoisotopic (exact) mass is 416 g/mol. The minimum atomic E-state index is -3.72. The third-order valence-electron chi connectivity index (χ3n) is 4.22. The predicted octanol–water partition coefficient (Wildman–Crippen LogP) is 2.67. The lowest BCUT2D eigenvalue weighted by Gasteiger charge is -2.20. The topological polar surface area (TPSA) is 92.8 Å². The third kappa shape index (κ3) is 5.45. The van der Waals surface area contributed by atoms with Crippen molar-refractivity contribution in [2.24, 2.45) is 0 Å². The zero-order valence-electron chi connectivity index (χ0n) is 16.6. The van der Waals surface area contributed by atoms with Gasteiger partial charge in [0.25, 0.3) is 15.9 Å². The summed E-state index contributed by atoms with van der Waals surface area (Å²) in [6.45, 7) is 7.11. The Morgan fingerprint density at radius 3 is 2.28 bits per heavy atom. The molecule has 7 nitrogen and oxygen atoms in total. The van der Waals surface area contributed by atoms with Crippen LogP contribution in [0.25, 0.3) is 0 Å². The van der Waals surface area contributed by atoms with E-state index in [1.54, 1.807) is 24.3 Å². The number of rotatable bonds is 8. The van der Waals surface area contributed by atoms with Crippen LogP contribution in [0.1, 0.15) is 22.8 Å². The van der Waals surface area contributed by atoms with Gasteiger partial charge in [-0.1, -0.05) is 23.8 Å². The Kier molecular flexibility index (Phi) is 7.17. The maximum absolute atomic E-state index is 12.8. The van der Waals surface area contributed by atoms with Crippen molar-refractivity contribution in [1.29, 1.82) is 0 Å². The molecule has 0 heterocycles. The van der Waals surface area contributed by atoms with Gasteiger partial charge in [0.05, 0.1) is 16.1 Å². The summed E-state index contributed by atoms with van der Waals surface area (Å²) in [6, 6.07) is 12.5. The van der Waals surface area contributed by atoms with E-state index in [1.807, 2.05) is 6.92 Å². The van der Waals surface area contributed by atoms with Crippen molar-refractivity contribution in [1.82, 2.24) is 5.32 Å². The van der Waals surface area contributed by atoms with Gasteiger partial charge in [-0.2, -0.15) is 0 Å². The van der Waals surface area contributed by atoms with Crippen molar-refractivity contribution in [2.45, 2.75) is 24.8 Å². The molecule has 1 N–H and O–H groups in total. The molecule has 0 aliphatic heterocycles. The molecule has 2 rings (SSSR count). The Hall–Kier alpha value is -3.13. The van der Waals surface area contributed by atoms with Gasteiger partial charge in [0.1, 0.15) is 0 Å². The molecule has 0 aliphatic rings. The summed E-state index contributed by atoms with van der Waals surface area (Å²) in [7, 11) is -2.29. The predicted molar refractivity (Wildman–Crippen MR) is 111 cm³/mol. The molecule has 0 aromatic heterocycles. The van der Waals surface area contributed by atoms with Crippen molar-refractivity contribution in [3.8, 4) is 0 Å². The molecule has 0 bridgehead atoms. The van der Waals surface area contributed by atoms with Crippen LogP contribution in [0, 0.1) is 6.92 Å². The highest BCUT2D eigenvalue weighted by molar-refractivity contribution is 7.92. The number of anilines is 1. The fourth-order valence-corrected chi connectivity index (χ4v) is 3.61. The molecule has 1 atom stereocenters. The molecule has 29 heavy (non-hydrogen) atoms. The first-order valence-electron chi connectivity index (χ1n) is 8.92. The number of carbonyl (C=O) groups excluding carboxylic acids is 2. The van der Waals surface area contributed by atoms with E-state index >= 15 is 0 Å². The summed E-state index contributed by atoms with van der Waals surface area (Å²) in [4.78, 5) is 24.2. The SMILES string of the molecule is C=CCNC(=O)C(C)OC(=O)c1ccc(N(C)S(=O)(=O)c2ccc(C)cc2)cc1. The molecule has 154 valence electrons. The van der Waals surface area contributed by atoms with E-state index in [1.165, 1.54) is 44.3 Å². The van der Waals surface area contributed by atoms with Gasteiger partial charge >= 0.3 is 5.97 Å². The standard InChI is InChI=1S/C21H24N2O5S/c1-5-14-22-20(24)16(3)28-21(25)17-8-10-18(11-9-17)23(4)29(26,27)19-12-6-15(2)7-13-19/h5-13,16H,1,14H2,2-4H3,(H,22,24). The number of hydrogen-bond acceptors (Lipinski definition) is 5. The van der Waals surface area contributed by atoms with Gasteiger partial charge in [-0.15, -0.1) is 6.58 Å². The van der Waals surface area contributed by atoms with Crippen LogP contribution in [-0.2, 0) is 19.6 Å². The van der Waals surface area contributed by atoms with Gasteiger partial charge in [0, 0.05) is 13.6 Å². The van der Waals surface area contributed by atoms with Gasteiger partial charge in [-0.05, 0) is 50.2 Å². The maximum atomic E-state index is 12.8. The average Bonchev–Trinajstić information content (AvgIpc) is 2.71. The van der Waals surface area contributed by atoms with Gasteiger partial charge in [-0.25, -0.2) is 13.2 Å². The van der Waals surface area contributed by atoms with Crippen molar-refractivity contribution < 1.29 is 22.7 Å². The Balaban J connectivity index is 2.10. The van der Waals surface area contributed by atoms with E-state index in [0.717, 1.165) is 9.87 Å². The van der Waals surface area contributed by atoms with Gasteiger partial charge < -0.3 is 10.1 Å². The maximum Gasteiger partial charge on any atom is 0.338 e. The number of carbonyl (C=O) groups is 2. The van der Waals surface area contributed by atoms with Crippen LogP contribution in [-0.4, -0.2) is 40.0 Å². The van der Waals surface area contributed by atoms with Gasteiger partial charge in [0.2, 0.25) is 0 Å². The summed E-state index contributed by atoms with van der Waals surface area (Å²) in [6.07, 6.45) is 0.554. The highest BCUT2D eigenvalue weighted by Gasteiger charge is 2.22. The molecule has 1 unspecified atom stereocenters. The molecule has 0 fully saturated rings. The lowest BCUT2D eigenvalue weighted by atomic mass is 10.2. The van der Waals surface area contributed by atoms with E-state index in [9.17, 15) is 18.0 Å². The molecule has 1 amide bonds. The number of amides is 1. The van der Waals surface area contributed by atoms with E-state index in [0.29, 0.717) is 5.69 Å². The zero-order valence-corrected chi connectivity index (χ0v) is 17.4. The first kappa shape index (κ1) is 22.2. The molecule has 0 spiro atoms. The van der Waals surface area contributed by atoms with E-state index in [-0.39, 0.29) is 17.0 Å². The second kappa shape index (κ2) is 9.38. The molecule has 2 aromatic carbocycles. The van der Waals surface area contributed by atoms with Crippen LogP contribution in [0.2, 0.25) is 0 Å². The quantitative estimate of drug-likeness (QED) is 0.528. The lowest BCUT2D eigenvalue weighted by molar-refractivity contribution is -0.128. The average molecular weight is 416 g/mol. The Labute approximate surface area is 171 Å². The van der Waals surface area contributed by atoms with Crippen LogP contribution < -0.4 is 9.62 Å². The molecule has 0 radical (unpaired) electrons.